The first-order valence-corrected chi connectivity index (χ1v) is 5.36. The van der Waals surface area contributed by atoms with E-state index < -0.39 is 0 Å². The molecule has 1 atom stereocenters. The molecule has 1 fully saturated rings. The van der Waals surface area contributed by atoms with Crippen LogP contribution in [0.4, 0.5) is 5.82 Å². The summed E-state index contributed by atoms with van der Waals surface area (Å²) in [6.45, 7) is 4.67. The smallest absolute Gasteiger partial charge is 0.126 e. The van der Waals surface area contributed by atoms with Gasteiger partial charge in [-0.15, -0.1) is 0 Å². The molecule has 2 rings (SSSR count). The second-order valence-corrected chi connectivity index (χ2v) is 4.79. The van der Waals surface area contributed by atoms with Gasteiger partial charge in [-0.25, -0.2) is 4.98 Å². The molecule has 1 aliphatic carbocycles. The molecule has 0 aromatic carbocycles. The van der Waals surface area contributed by atoms with Gasteiger partial charge in [-0.3, -0.25) is 0 Å². The molecule has 0 radical (unpaired) electrons. The van der Waals surface area contributed by atoms with Crippen LogP contribution in [0.5, 0.6) is 0 Å². The van der Waals surface area contributed by atoms with Gasteiger partial charge in [-0.1, -0.05) is 26.3 Å². The molecule has 1 unspecified atom stereocenters. The molecule has 0 spiro atoms. The second-order valence-electron chi connectivity index (χ2n) is 4.79. The fourth-order valence-corrected chi connectivity index (χ4v) is 2.22. The fraction of sp³-hybridized carbons (Fsp3) is 0.583. The number of pyridine rings is 1. The Hall–Kier alpha value is -1.05. The summed E-state index contributed by atoms with van der Waals surface area (Å²) in [7, 11) is 0. The van der Waals surface area contributed by atoms with Gasteiger partial charge in [-0.05, 0) is 30.4 Å². The van der Waals surface area contributed by atoms with Crippen LogP contribution in [-0.2, 0) is 0 Å². The Labute approximate surface area is 85.7 Å². The Kier molecular flexibility index (Phi) is 2.44. The number of aromatic nitrogens is 1. The van der Waals surface area contributed by atoms with Crippen molar-refractivity contribution in [1.29, 1.82) is 0 Å². The zero-order chi connectivity index (χ0) is 10.0. The van der Waals surface area contributed by atoms with E-state index in [1.165, 1.54) is 19.3 Å². The predicted molar refractivity (Wildman–Crippen MR) is 59.3 cm³/mol. The fourth-order valence-electron chi connectivity index (χ4n) is 2.22. The average molecular weight is 190 g/mol. The van der Waals surface area contributed by atoms with Crippen LogP contribution < -0.4 is 5.32 Å². The molecule has 1 aliphatic rings. The molecule has 0 bridgehead atoms. The van der Waals surface area contributed by atoms with Crippen LogP contribution in [0.2, 0.25) is 0 Å². The maximum absolute atomic E-state index is 4.30. The lowest BCUT2D eigenvalue weighted by atomic mass is 9.87. The third-order valence-electron chi connectivity index (χ3n) is 3.24. The summed E-state index contributed by atoms with van der Waals surface area (Å²) < 4.78 is 0. The molecular weight excluding hydrogens is 172 g/mol. The maximum atomic E-state index is 4.30. The largest absolute Gasteiger partial charge is 0.367 e. The van der Waals surface area contributed by atoms with Crippen molar-refractivity contribution in [3.63, 3.8) is 0 Å². The van der Waals surface area contributed by atoms with Crippen molar-refractivity contribution in [3.05, 3.63) is 24.4 Å². The quantitative estimate of drug-likeness (QED) is 0.775. The lowest BCUT2D eigenvalue weighted by molar-refractivity contribution is 0.349. The number of hydrogen-bond donors (Lipinski definition) is 1. The maximum Gasteiger partial charge on any atom is 0.126 e. The zero-order valence-electron chi connectivity index (χ0n) is 8.96. The first kappa shape index (κ1) is 9.50. The van der Waals surface area contributed by atoms with Gasteiger partial charge in [0.2, 0.25) is 0 Å². The van der Waals surface area contributed by atoms with E-state index in [1.54, 1.807) is 0 Å². The highest BCUT2D eigenvalue weighted by Crippen LogP contribution is 2.38. The van der Waals surface area contributed by atoms with E-state index in [4.69, 9.17) is 0 Å². The molecule has 1 N–H and O–H groups in total. The molecule has 2 heteroatoms. The van der Waals surface area contributed by atoms with Crippen LogP contribution in [0.1, 0.15) is 33.1 Å². The summed E-state index contributed by atoms with van der Waals surface area (Å²) in [6, 6.07) is 6.59. The number of nitrogens with one attached hydrogen (secondary N) is 1. The Morgan fingerprint density at radius 3 is 2.86 bits per heavy atom. The van der Waals surface area contributed by atoms with E-state index >= 15 is 0 Å². The van der Waals surface area contributed by atoms with Crippen molar-refractivity contribution >= 4 is 5.82 Å². The van der Waals surface area contributed by atoms with E-state index in [0.29, 0.717) is 11.5 Å². The van der Waals surface area contributed by atoms with Gasteiger partial charge in [0.1, 0.15) is 5.82 Å². The van der Waals surface area contributed by atoms with Crippen LogP contribution in [0, 0.1) is 5.41 Å². The lowest BCUT2D eigenvalue weighted by Crippen LogP contribution is -2.31. The molecule has 76 valence electrons. The monoisotopic (exact) mass is 190 g/mol. The van der Waals surface area contributed by atoms with Crippen LogP contribution in [0.15, 0.2) is 24.4 Å². The van der Waals surface area contributed by atoms with Gasteiger partial charge in [0.05, 0.1) is 0 Å². The minimum absolute atomic E-state index is 0.414. The van der Waals surface area contributed by atoms with E-state index in [0.717, 1.165) is 5.82 Å². The van der Waals surface area contributed by atoms with E-state index in [2.05, 4.69) is 24.1 Å². The standard InChI is InChI=1S/C12H18N2/c1-12(2)8-5-6-10(12)14-11-7-3-4-9-13-11/h3-4,7,9-10H,5-6,8H2,1-2H3,(H,13,14). The zero-order valence-corrected chi connectivity index (χ0v) is 8.96. The van der Waals surface area contributed by atoms with Crippen molar-refractivity contribution in [1.82, 2.24) is 4.98 Å². The van der Waals surface area contributed by atoms with Gasteiger partial charge in [0, 0.05) is 12.2 Å². The SMILES string of the molecule is CC1(C)CCCC1Nc1ccccn1. The molecule has 0 aliphatic heterocycles. The highest BCUT2D eigenvalue weighted by atomic mass is 15.0. The van der Waals surface area contributed by atoms with Crippen molar-refractivity contribution in [2.75, 3.05) is 5.32 Å². The Bertz CT molecular complexity index is 292. The summed E-state index contributed by atoms with van der Waals surface area (Å²) in [5.74, 6) is 1.01. The van der Waals surface area contributed by atoms with Gasteiger partial charge in [0.25, 0.3) is 0 Å². The van der Waals surface area contributed by atoms with Gasteiger partial charge >= 0.3 is 0 Å². The Balaban J connectivity index is 2.05. The normalized spacial score (nSPS) is 24.9. The molecule has 1 heterocycles. The van der Waals surface area contributed by atoms with Crippen LogP contribution >= 0.6 is 0 Å². The number of hydrogen-bond acceptors (Lipinski definition) is 2. The molecule has 1 aromatic heterocycles. The first-order valence-electron chi connectivity index (χ1n) is 5.36. The van der Waals surface area contributed by atoms with Gasteiger partial charge in [-0.2, -0.15) is 0 Å². The summed E-state index contributed by atoms with van der Waals surface area (Å²) in [5, 5.41) is 3.52. The van der Waals surface area contributed by atoms with Crippen LogP contribution in [-0.4, -0.2) is 11.0 Å². The van der Waals surface area contributed by atoms with Crippen LogP contribution in [0.25, 0.3) is 0 Å². The van der Waals surface area contributed by atoms with E-state index in [1.807, 2.05) is 24.4 Å². The predicted octanol–water partition coefficient (Wildman–Crippen LogP) is 3.07. The number of anilines is 1. The highest BCUT2D eigenvalue weighted by molar-refractivity contribution is 5.35. The third kappa shape index (κ3) is 1.89. The van der Waals surface area contributed by atoms with Crippen molar-refractivity contribution in [3.8, 4) is 0 Å². The Morgan fingerprint density at radius 2 is 2.29 bits per heavy atom. The minimum atomic E-state index is 0.414. The van der Waals surface area contributed by atoms with Gasteiger partial charge in [0.15, 0.2) is 0 Å². The highest BCUT2D eigenvalue weighted by Gasteiger charge is 2.34. The van der Waals surface area contributed by atoms with Crippen molar-refractivity contribution in [2.45, 2.75) is 39.2 Å². The first-order chi connectivity index (χ1) is 6.68. The summed E-state index contributed by atoms with van der Waals surface area (Å²) in [4.78, 5) is 4.30. The van der Waals surface area contributed by atoms with E-state index in [9.17, 15) is 0 Å². The third-order valence-corrected chi connectivity index (χ3v) is 3.24. The number of rotatable bonds is 2. The molecule has 0 saturated heterocycles. The molecule has 2 nitrogen and oxygen atoms in total. The van der Waals surface area contributed by atoms with Crippen molar-refractivity contribution < 1.29 is 0 Å². The molecule has 14 heavy (non-hydrogen) atoms. The summed E-state index contributed by atoms with van der Waals surface area (Å²) in [6.07, 6.45) is 5.75. The topological polar surface area (TPSA) is 24.9 Å². The Morgan fingerprint density at radius 1 is 1.43 bits per heavy atom. The minimum Gasteiger partial charge on any atom is -0.367 e. The second kappa shape index (κ2) is 3.60. The molecular formula is C12H18N2. The van der Waals surface area contributed by atoms with Crippen LogP contribution in [0.3, 0.4) is 0 Å². The van der Waals surface area contributed by atoms with E-state index in [-0.39, 0.29) is 0 Å². The molecule has 1 aromatic rings. The molecule has 1 saturated carbocycles. The number of nitrogens with zero attached hydrogens (tertiary/aromatic N) is 1. The average Bonchev–Trinajstić information content (AvgIpc) is 2.48. The molecule has 0 amide bonds. The van der Waals surface area contributed by atoms with Crippen molar-refractivity contribution in [2.24, 2.45) is 5.41 Å². The summed E-state index contributed by atoms with van der Waals surface area (Å²) >= 11 is 0. The van der Waals surface area contributed by atoms with Gasteiger partial charge < -0.3 is 5.32 Å². The summed E-state index contributed by atoms with van der Waals surface area (Å²) in [5.41, 5.74) is 0.414. The lowest BCUT2D eigenvalue weighted by Gasteiger charge is -2.28.